The molecule has 1 aromatic carbocycles. The molecule has 0 unspecified atom stereocenters. The van der Waals surface area contributed by atoms with E-state index in [4.69, 9.17) is 35.5 Å². The topological polar surface area (TPSA) is 196 Å². The molecule has 4 atom stereocenters. The average Bonchev–Trinajstić information content (AvgIpc) is 3.62. The molecule has 5 rings (SSSR count). The fraction of sp³-hybridized carbons (Fsp3) is 0.387. The van der Waals surface area contributed by atoms with E-state index in [1.807, 2.05) is 6.07 Å². The first kappa shape index (κ1) is 41.2. The third kappa shape index (κ3) is 9.15. The minimum Gasteiger partial charge on any atom is -0.475 e. The molecule has 12 nitrogen and oxygen atoms in total. The molecule has 0 radical (unpaired) electrons. The molecule has 0 spiro atoms. The highest BCUT2D eigenvalue weighted by Gasteiger charge is 2.72. The van der Waals surface area contributed by atoms with Gasteiger partial charge in [-0.25, -0.2) is 23.2 Å². The van der Waals surface area contributed by atoms with Crippen LogP contribution in [0.1, 0.15) is 48.6 Å². The summed E-state index contributed by atoms with van der Waals surface area (Å²) < 4.78 is 97.6. The summed E-state index contributed by atoms with van der Waals surface area (Å²) in [4.78, 5) is 53.9. The maximum atomic E-state index is 15.3. The largest absolute Gasteiger partial charge is 0.490 e. The Bertz CT molecular complexity index is 1810. The Labute approximate surface area is 292 Å². The monoisotopic (exact) mass is 765 g/mol. The van der Waals surface area contributed by atoms with Gasteiger partial charge < -0.3 is 25.6 Å². The maximum absolute atomic E-state index is 15.3. The Morgan fingerprint density at radius 2 is 1.69 bits per heavy atom. The van der Waals surface area contributed by atoms with Gasteiger partial charge in [0.1, 0.15) is 28.5 Å². The SMILES string of the molecule is COC(=O)[C@H]1CCCN1C(=O)[C@]12C[C@H]1[C@@](C)(c1cc(/C=C(\F)c3ccc(C#N)cn3)ccc1F)N=C(N)S2.O=C(O)C(F)(F)F.O=C(O)C(F)(F)F. The number of carboxylic acid groups (broad SMARTS) is 2. The number of aromatic nitrogens is 1. The lowest BCUT2D eigenvalue weighted by Gasteiger charge is -2.36. The smallest absolute Gasteiger partial charge is 0.475 e. The third-order valence-corrected chi connectivity index (χ3v) is 9.31. The van der Waals surface area contributed by atoms with Crippen molar-refractivity contribution in [1.29, 1.82) is 5.26 Å². The standard InChI is InChI=1S/C27H25F2N5O3S.2C2HF3O2/c1-26(17-10-15(5-7-18(17)28)11-19(29)20-8-6-16(13-30)14-32-20)22-12-27(22,38-25(31)33-26)24(36)34-9-3-4-21(34)23(35)37-2;2*3-2(4,5)1(6)7/h5-8,10-11,14,21-22H,3-4,9,12H2,1-2H3,(H2,31,33);2*(H,6,7)/b19-11-;;/t21-,22+,26-,27+;;/m1../s1. The van der Waals surface area contributed by atoms with E-state index in [1.54, 1.807) is 11.8 Å². The van der Waals surface area contributed by atoms with Crippen LogP contribution in [0.15, 0.2) is 41.5 Å². The zero-order valence-electron chi connectivity index (χ0n) is 26.8. The first-order valence-electron chi connectivity index (χ1n) is 14.6. The fourth-order valence-electron chi connectivity index (χ4n) is 5.53. The van der Waals surface area contributed by atoms with Crippen molar-refractivity contribution >= 4 is 52.6 Å². The second-order valence-corrected chi connectivity index (χ2v) is 12.8. The number of carboxylic acids is 2. The molecular formula is C31H27F8N5O7S. The number of ether oxygens (including phenoxy) is 1. The zero-order chi connectivity index (χ0) is 39.4. The molecule has 2 fully saturated rings. The summed E-state index contributed by atoms with van der Waals surface area (Å²) in [6.07, 6.45) is -6.06. The number of methoxy groups -OCH3 is 1. The van der Waals surface area contributed by atoms with Gasteiger partial charge in [-0.05, 0) is 62.1 Å². The minimum absolute atomic E-state index is 0.0370. The number of amides is 1. The lowest BCUT2D eigenvalue weighted by molar-refractivity contribution is -0.193. The lowest BCUT2D eigenvalue weighted by Crippen LogP contribution is -2.49. The van der Waals surface area contributed by atoms with E-state index in [-0.39, 0.29) is 28.3 Å². The number of hydrogen-bond acceptors (Lipinski definition) is 10. The van der Waals surface area contributed by atoms with Crippen molar-refractivity contribution in [3.05, 3.63) is 64.7 Å². The van der Waals surface area contributed by atoms with Crippen molar-refractivity contribution < 1.29 is 69.3 Å². The van der Waals surface area contributed by atoms with Gasteiger partial charge in [0, 0.05) is 24.2 Å². The highest BCUT2D eigenvalue weighted by molar-refractivity contribution is 8.15. The van der Waals surface area contributed by atoms with Crippen molar-refractivity contribution in [3.63, 3.8) is 0 Å². The van der Waals surface area contributed by atoms with Gasteiger partial charge in [0.15, 0.2) is 5.17 Å². The summed E-state index contributed by atoms with van der Waals surface area (Å²) in [5.74, 6) is -7.78. The molecule has 0 bridgehead atoms. The Morgan fingerprint density at radius 1 is 1.10 bits per heavy atom. The van der Waals surface area contributed by atoms with Crippen LogP contribution in [0, 0.1) is 23.1 Å². The van der Waals surface area contributed by atoms with Gasteiger partial charge in [0.2, 0.25) is 5.91 Å². The number of amidine groups is 1. The van der Waals surface area contributed by atoms with E-state index in [9.17, 15) is 40.3 Å². The van der Waals surface area contributed by atoms with Crippen LogP contribution in [0.2, 0.25) is 0 Å². The molecular weight excluding hydrogens is 738 g/mol. The minimum atomic E-state index is -5.08. The molecule has 1 saturated carbocycles. The lowest BCUT2D eigenvalue weighted by atomic mass is 9.84. The number of esters is 1. The molecule has 3 heterocycles. The number of nitriles is 1. The number of likely N-dealkylation sites (tertiary alicyclic amines) is 1. The number of nitrogens with two attached hydrogens (primary N) is 1. The van der Waals surface area contributed by atoms with Crippen LogP contribution in [-0.2, 0) is 29.5 Å². The van der Waals surface area contributed by atoms with Gasteiger partial charge in [-0.1, -0.05) is 17.8 Å². The highest BCUT2D eigenvalue weighted by atomic mass is 32.2. The Balaban J connectivity index is 0.000000441. The summed E-state index contributed by atoms with van der Waals surface area (Å²) >= 11 is 1.16. The third-order valence-electron chi connectivity index (χ3n) is 8.02. The first-order valence-corrected chi connectivity index (χ1v) is 15.4. The molecule has 2 aromatic rings. The van der Waals surface area contributed by atoms with E-state index >= 15 is 4.39 Å². The van der Waals surface area contributed by atoms with Crippen LogP contribution in [-0.4, -0.2) is 85.9 Å². The quantitative estimate of drug-likeness (QED) is 0.273. The van der Waals surface area contributed by atoms with Gasteiger partial charge in [-0.15, -0.1) is 0 Å². The number of nitrogens with zero attached hydrogens (tertiary/aromatic N) is 4. The molecule has 4 N–H and O–H groups in total. The molecule has 280 valence electrons. The molecule has 1 aromatic heterocycles. The maximum Gasteiger partial charge on any atom is 0.490 e. The highest BCUT2D eigenvalue weighted by Crippen LogP contribution is 2.66. The predicted molar refractivity (Wildman–Crippen MR) is 166 cm³/mol. The van der Waals surface area contributed by atoms with Crippen LogP contribution in [0.5, 0.6) is 0 Å². The van der Waals surface area contributed by atoms with E-state index < -0.39 is 58.2 Å². The number of carbonyl (C=O) groups is 4. The van der Waals surface area contributed by atoms with Gasteiger partial charge in [0.25, 0.3) is 0 Å². The number of hydrogen-bond donors (Lipinski definition) is 3. The summed E-state index contributed by atoms with van der Waals surface area (Å²) in [6.45, 7) is 2.16. The first-order chi connectivity index (χ1) is 24.0. The van der Waals surface area contributed by atoms with E-state index in [0.29, 0.717) is 36.9 Å². The summed E-state index contributed by atoms with van der Waals surface area (Å²) in [6, 6.07) is 8.30. The summed E-state index contributed by atoms with van der Waals surface area (Å²) in [5.41, 5.74) is 5.93. The zero-order valence-corrected chi connectivity index (χ0v) is 27.6. The molecule has 1 saturated heterocycles. The number of alkyl halides is 6. The Kier molecular flexibility index (Phi) is 12.3. The van der Waals surface area contributed by atoms with Gasteiger partial charge in [-0.3, -0.25) is 14.8 Å². The van der Waals surface area contributed by atoms with E-state index in [1.165, 1.54) is 49.7 Å². The molecule has 1 aliphatic carbocycles. The number of fused-ring (bicyclic) bond motifs is 1. The number of thioether (sulfide) groups is 1. The van der Waals surface area contributed by atoms with Crippen molar-refractivity contribution in [2.75, 3.05) is 13.7 Å². The summed E-state index contributed by atoms with van der Waals surface area (Å²) in [7, 11) is 1.29. The number of aliphatic carboxylic acids is 2. The van der Waals surface area contributed by atoms with Crippen LogP contribution in [0.4, 0.5) is 35.1 Å². The molecule has 2 aliphatic heterocycles. The number of benzene rings is 1. The summed E-state index contributed by atoms with van der Waals surface area (Å²) in [5, 5.41) is 23.3. The van der Waals surface area contributed by atoms with Crippen molar-refractivity contribution in [1.82, 2.24) is 9.88 Å². The van der Waals surface area contributed by atoms with Gasteiger partial charge in [-0.2, -0.15) is 31.6 Å². The number of carbonyl (C=O) groups excluding carboxylic acids is 2. The number of halogens is 8. The van der Waals surface area contributed by atoms with Crippen LogP contribution < -0.4 is 5.73 Å². The van der Waals surface area contributed by atoms with E-state index in [0.717, 1.165) is 11.8 Å². The number of rotatable bonds is 5. The second kappa shape index (κ2) is 15.5. The van der Waals surface area contributed by atoms with E-state index in [2.05, 4.69) is 9.98 Å². The normalized spacial score (nSPS) is 23.7. The van der Waals surface area contributed by atoms with Crippen LogP contribution >= 0.6 is 11.8 Å². The number of pyridine rings is 1. The molecule has 3 aliphatic rings. The molecule has 21 heteroatoms. The molecule has 52 heavy (non-hydrogen) atoms. The Hall–Kier alpha value is -5.26. The predicted octanol–water partition coefficient (Wildman–Crippen LogP) is 5.03. The van der Waals surface area contributed by atoms with Crippen molar-refractivity contribution in [2.24, 2.45) is 16.6 Å². The second-order valence-electron chi connectivity index (χ2n) is 11.4. The Morgan fingerprint density at radius 3 is 2.19 bits per heavy atom. The van der Waals surface area contributed by atoms with Crippen molar-refractivity contribution in [2.45, 2.75) is 54.9 Å². The van der Waals surface area contributed by atoms with Crippen LogP contribution in [0.3, 0.4) is 0 Å². The fourth-order valence-corrected chi connectivity index (χ4v) is 6.96. The van der Waals surface area contributed by atoms with Gasteiger partial charge >= 0.3 is 30.3 Å². The van der Waals surface area contributed by atoms with Crippen molar-refractivity contribution in [3.8, 4) is 6.07 Å². The number of aliphatic imine (C=N–C) groups is 1. The molecule has 1 amide bonds. The van der Waals surface area contributed by atoms with Gasteiger partial charge in [0.05, 0.1) is 23.9 Å². The van der Waals surface area contributed by atoms with Crippen LogP contribution in [0.25, 0.3) is 11.9 Å². The average molecular weight is 766 g/mol.